The summed E-state index contributed by atoms with van der Waals surface area (Å²) >= 11 is 0. The number of carbonyl (C=O) groups excluding carboxylic acids is 2. The smallest absolute Gasteiger partial charge is 0.335 e. The maximum absolute atomic E-state index is 12.0. The van der Waals surface area contributed by atoms with Gasteiger partial charge in [0.2, 0.25) is 0 Å². The number of amides is 1. The summed E-state index contributed by atoms with van der Waals surface area (Å²) in [5.74, 6) is -2.19. The summed E-state index contributed by atoms with van der Waals surface area (Å²) in [5, 5.41) is 14.3. The summed E-state index contributed by atoms with van der Waals surface area (Å²) in [5.41, 5.74) is 0.596. The van der Waals surface area contributed by atoms with Crippen molar-refractivity contribution in [3.63, 3.8) is 0 Å². The molecule has 0 atom stereocenters. The molecule has 118 valence electrons. The molecule has 7 heteroatoms. The molecule has 0 radical (unpaired) electrons. The lowest BCUT2D eigenvalue weighted by atomic mass is 10.2. The lowest BCUT2D eigenvalue weighted by Gasteiger charge is -2.13. The Morgan fingerprint density at radius 2 is 1.77 bits per heavy atom. The molecule has 3 N–H and O–H groups in total. The van der Waals surface area contributed by atoms with Crippen LogP contribution in [0.3, 0.4) is 0 Å². The first kappa shape index (κ1) is 17.2. The number of aromatic carboxylic acids is 1. The molecule has 0 saturated heterocycles. The molecule has 0 aromatic heterocycles. The van der Waals surface area contributed by atoms with Crippen molar-refractivity contribution in [3.8, 4) is 0 Å². The van der Waals surface area contributed by atoms with Crippen LogP contribution in [0.5, 0.6) is 0 Å². The van der Waals surface area contributed by atoms with Gasteiger partial charge in [0.1, 0.15) is 5.70 Å². The van der Waals surface area contributed by atoms with E-state index in [0.29, 0.717) is 5.69 Å². The van der Waals surface area contributed by atoms with Gasteiger partial charge >= 0.3 is 11.9 Å². The third-order valence-electron chi connectivity index (χ3n) is 2.54. The summed E-state index contributed by atoms with van der Waals surface area (Å²) in [7, 11) is 1.21. The van der Waals surface area contributed by atoms with E-state index >= 15 is 0 Å². The minimum atomic E-state index is -1.05. The minimum Gasteiger partial charge on any atom is -0.478 e. The Labute approximate surface area is 128 Å². The van der Waals surface area contributed by atoms with Crippen molar-refractivity contribution in [3.05, 3.63) is 41.6 Å². The average Bonchev–Trinajstić information content (AvgIpc) is 2.46. The number of carboxylic acids is 1. The van der Waals surface area contributed by atoms with Gasteiger partial charge in [-0.25, -0.2) is 9.59 Å². The number of carboxylic acid groups (broad SMARTS) is 1. The Morgan fingerprint density at radius 1 is 1.18 bits per heavy atom. The van der Waals surface area contributed by atoms with Gasteiger partial charge < -0.3 is 20.5 Å². The zero-order valence-corrected chi connectivity index (χ0v) is 12.5. The molecule has 1 amide bonds. The monoisotopic (exact) mass is 306 g/mol. The number of hydrogen-bond donors (Lipinski definition) is 3. The number of methoxy groups -OCH3 is 1. The molecule has 7 nitrogen and oxygen atoms in total. The van der Waals surface area contributed by atoms with Crippen molar-refractivity contribution in [1.82, 2.24) is 5.32 Å². The van der Waals surface area contributed by atoms with Crippen LogP contribution < -0.4 is 10.6 Å². The van der Waals surface area contributed by atoms with Crippen LogP contribution in [-0.2, 0) is 14.3 Å². The predicted molar refractivity (Wildman–Crippen MR) is 80.4 cm³/mol. The van der Waals surface area contributed by atoms with Crippen LogP contribution in [0.15, 0.2) is 36.0 Å². The molecule has 1 aromatic rings. The largest absolute Gasteiger partial charge is 0.478 e. The van der Waals surface area contributed by atoms with E-state index in [9.17, 15) is 14.4 Å². The number of anilines is 1. The van der Waals surface area contributed by atoms with Gasteiger partial charge in [0, 0.05) is 11.7 Å². The van der Waals surface area contributed by atoms with E-state index < -0.39 is 17.8 Å². The molecule has 0 heterocycles. The van der Waals surface area contributed by atoms with E-state index in [1.165, 1.54) is 31.4 Å². The number of rotatable bonds is 6. The summed E-state index contributed by atoms with van der Waals surface area (Å²) in [6.07, 6.45) is 1.03. The van der Waals surface area contributed by atoms with Crippen LogP contribution in [0, 0.1) is 0 Å². The Morgan fingerprint density at radius 3 is 2.23 bits per heavy atom. The van der Waals surface area contributed by atoms with Crippen LogP contribution in [0.4, 0.5) is 5.69 Å². The zero-order valence-electron chi connectivity index (χ0n) is 12.5. The molecule has 1 aromatic carbocycles. The lowest BCUT2D eigenvalue weighted by Crippen LogP contribution is -2.34. The number of benzene rings is 1. The quantitative estimate of drug-likeness (QED) is 0.542. The fourth-order valence-corrected chi connectivity index (χ4v) is 1.53. The van der Waals surface area contributed by atoms with Gasteiger partial charge in [0.25, 0.3) is 5.91 Å². The van der Waals surface area contributed by atoms with Crippen LogP contribution in [0.1, 0.15) is 24.2 Å². The van der Waals surface area contributed by atoms with E-state index in [1.54, 1.807) is 13.8 Å². The van der Waals surface area contributed by atoms with Crippen molar-refractivity contribution in [1.29, 1.82) is 0 Å². The summed E-state index contributed by atoms with van der Waals surface area (Å²) < 4.78 is 4.51. The molecule has 0 fully saturated rings. The van der Waals surface area contributed by atoms with Crippen LogP contribution in [0.2, 0.25) is 0 Å². The lowest BCUT2D eigenvalue weighted by molar-refractivity contribution is -0.135. The topological polar surface area (TPSA) is 105 Å². The van der Waals surface area contributed by atoms with Crippen molar-refractivity contribution in [2.45, 2.75) is 19.9 Å². The molecule has 0 saturated carbocycles. The Balaban J connectivity index is 2.97. The second-order valence-corrected chi connectivity index (χ2v) is 4.72. The Hall–Kier alpha value is -2.83. The van der Waals surface area contributed by atoms with Crippen LogP contribution in [-0.4, -0.2) is 36.1 Å². The highest BCUT2D eigenvalue weighted by molar-refractivity contribution is 6.01. The average molecular weight is 306 g/mol. The molecule has 22 heavy (non-hydrogen) atoms. The van der Waals surface area contributed by atoms with Gasteiger partial charge in [-0.1, -0.05) is 0 Å². The van der Waals surface area contributed by atoms with E-state index in [-0.39, 0.29) is 17.3 Å². The van der Waals surface area contributed by atoms with Crippen molar-refractivity contribution in [2.75, 3.05) is 12.4 Å². The predicted octanol–water partition coefficient (Wildman–Crippen LogP) is 1.38. The number of ether oxygens (including phenoxy) is 1. The molecule has 0 aliphatic heterocycles. The van der Waals surface area contributed by atoms with Crippen molar-refractivity contribution >= 4 is 23.5 Å². The summed E-state index contributed by atoms with van der Waals surface area (Å²) in [4.78, 5) is 34.2. The molecular weight excluding hydrogens is 288 g/mol. The minimum absolute atomic E-state index is 0.00336. The maximum Gasteiger partial charge on any atom is 0.335 e. The fraction of sp³-hybridized carbons (Fsp3) is 0.267. The Bertz CT molecular complexity index is 590. The van der Waals surface area contributed by atoms with Gasteiger partial charge in [-0.05, 0) is 38.1 Å². The molecule has 0 bridgehead atoms. The normalized spacial score (nSPS) is 11.0. The van der Waals surface area contributed by atoms with Gasteiger partial charge in [0.05, 0.1) is 18.7 Å². The maximum atomic E-state index is 12.0. The molecule has 1 rings (SSSR count). The Kier molecular flexibility index (Phi) is 6.12. The second kappa shape index (κ2) is 7.82. The van der Waals surface area contributed by atoms with Gasteiger partial charge in [-0.2, -0.15) is 0 Å². The SMILES string of the molecule is COC(=O)C=C(Nc1ccc(C(=O)O)cc1)C(=O)NC(C)C. The van der Waals surface area contributed by atoms with E-state index in [1.807, 2.05) is 0 Å². The first-order valence-corrected chi connectivity index (χ1v) is 6.54. The van der Waals surface area contributed by atoms with Crippen LogP contribution in [0.25, 0.3) is 0 Å². The third-order valence-corrected chi connectivity index (χ3v) is 2.54. The molecule has 0 aliphatic carbocycles. The third kappa shape index (κ3) is 5.28. The first-order chi connectivity index (χ1) is 10.3. The second-order valence-electron chi connectivity index (χ2n) is 4.72. The van der Waals surface area contributed by atoms with Crippen LogP contribution >= 0.6 is 0 Å². The highest BCUT2D eigenvalue weighted by Gasteiger charge is 2.13. The van der Waals surface area contributed by atoms with Crippen molar-refractivity contribution in [2.24, 2.45) is 0 Å². The highest BCUT2D eigenvalue weighted by Crippen LogP contribution is 2.12. The van der Waals surface area contributed by atoms with E-state index in [0.717, 1.165) is 6.08 Å². The molecular formula is C15H18N2O5. The molecule has 0 aliphatic rings. The van der Waals surface area contributed by atoms with Gasteiger partial charge in [-0.3, -0.25) is 4.79 Å². The number of esters is 1. The molecule has 0 spiro atoms. The number of nitrogens with one attached hydrogen (secondary N) is 2. The first-order valence-electron chi connectivity index (χ1n) is 6.54. The fourth-order valence-electron chi connectivity index (χ4n) is 1.53. The standard InChI is InChI=1S/C15H18N2O5/c1-9(2)16-14(19)12(8-13(18)22-3)17-11-6-4-10(5-7-11)15(20)21/h4-9,17H,1-3H3,(H,16,19)(H,20,21). The summed E-state index contributed by atoms with van der Waals surface area (Å²) in [6.45, 7) is 3.57. The van der Waals surface area contributed by atoms with Crippen molar-refractivity contribution < 1.29 is 24.2 Å². The number of carbonyl (C=O) groups is 3. The summed E-state index contributed by atoms with van der Waals surface area (Å²) in [6, 6.07) is 5.67. The molecule has 0 unspecified atom stereocenters. The van der Waals surface area contributed by atoms with Gasteiger partial charge in [0.15, 0.2) is 0 Å². The zero-order chi connectivity index (χ0) is 16.7. The van der Waals surface area contributed by atoms with E-state index in [4.69, 9.17) is 5.11 Å². The van der Waals surface area contributed by atoms with E-state index in [2.05, 4.69) is 15.4 Å². The highest BCUT2D eigenvalue weighted by atomic mass is 16.5. The van der Waals surface area contributed by atoms with Gasteiger partial charge in [-0.15, -0.1) is 0 Å². The number of hydrogen-bond acceptors (Lipinski definition) is 5.